The highest BCUT2D eigenvalue weighted by molar-refractivity contribution is 6.06. The molecule has 0 fully saturated rings. The van der Waals surface area contributed by atoms with Crippen molar-refractivity contribution >= 4 is 22.7 Å². The normalized spacial score (nSPS) is 10.8. The van der Waals surface area contributed by atoms with Crippen molar-refractivity contribution in [3.05, 3.63) is 83.4 Å². The SMILES string of the molecule is Cc1ccc(C(=O)Nc2ccccc2-c2nc3cc(C)ccc3o2)cc1. The first kappa shape index (κ1) is 16.1. The average molecular weight is 342 g/mol. The fourth-order valence-corrected chi connectivity index (χ4v) is 2.83. The minimum atomic E-state index is -0.163. The third kappa shape index (κ3) is 3.09. The molecule has 1 aromatic heterocycles. The molecule has 4 rings (SSSR count). The summed E-state index contributed by atoms with van der Waals surface area (Å²) in [5, 5.41) is 2.96. The molecule has 0 saturated carbocycles. The van der Waals surface area contributed by atoms with Crippen molar-refractivity contribution in [1.29, 1.82) is 0 Å². The Bertz CT molecular complexity index is 1090. The van der Waals surface area contributed by atoms with Crippen LogP contribution in [0, 0.1) is 13.8 Å². The molecule has 0 aliphatic rings. The van der Waals surface area contributed by atoms with Gasteiger partial charge in [0.1, 0.15) is 5.52 Å². The van der Waals surface area contributed by atoms with E-state index in [0.29, 0.717) is 17.1 Å². The Kier molecular flexibility index (Phi) is 4.01. The summed E-state index contributed by atoms with van der Waals surface area (Å²) >= 11 is 0. The Morgan fingerprint density at radius 3 is 2.46 bits per heavy atom. The molecule has 0 aliphatic heterocycles. The van der Waals surface area contributed by atoms with Crippen LogP contribution in [0.4, 0.5) is 5.69 Å². The summed E-state index contributed by atoms with van der Waals surface area (Å²) in [5.74, 6) is 0.329. The van der Waals surface area contributed by atoms with Gasteiger partial charge in [-0.3, -0.25) is 4.79 Å². The number of para-hydroxylation sites is 1. The summed E-state index contributed by atoms with van der Waals surface area (Å²) in [5.41, 5.74) is 5.80. The number of rotatable bonds is 3. The number of carbonyl (C=O) groups excluding carboxylic acids is 1. The Labute approximate surface area is 151 Å². The van der Waals surface area contributed by atoms with Gasteiger partial charge < -0.3 is 9.73 Å². The van der Waals surface area contributed by atoms with Crippen molar-refractivity contribution in [2.75, 3.05) is 5.32 Å². The Morgan fingerprint density at radius 1 is 0.923 bits per heavy atom. The first-order valence-electron chi connectivity index (χ1n) is 8.45. The number of hydrogen-bond acceptors (Lipinski definition) is 3. The molecule has 4 heteroatoms. The number of hydrogen-bond donors (Lipinski definition) is 1. The molecule has 26 heavy (non-hydrogen) atoms. The zero-order valence-electron chi connectivity index (χ0n) is 14.6. The second kappa shape index (κ2) is 6.48. The molecule has 4 aromatic rings. The molecule has 0 atom stereocenters. The number of carbonyl (C=O) groups is 1. The fourth-order valence-electron chi connectivity index (χ4n) is 2.83. The smallest absolute Gasteiger partial charge is 0.255 e. The summed E-state index contributed by atoms with van der Waals surface area (Å²) in [4.78, 5) is 17.1. The average Bonchev–Trinajstić information content (AvgIpc) is 3.05. The number of benzene rings is 3. The summed E-state index contributed by atoms with van der Waals surface area (Å²) in [6, 6.07) is 20.9. The van der Waals surface area contributed by atoms with E-state index in [4.69, 9.17) is 4.42 Å². The van der Waals surface area contributed by atoms with Crippen molar-refractivity contribution in [1.82, 2.24) is 4.98 Å². The Hall–Kier alpha value is -3.40. The van der Waals surface area contributed by atoms with Gasteiger partial charge >= 0.3 is 0 Å². The van der Waals surface area contributed by atoms with E-state index in [0.717, 1.165) is 27.8 Å². The van der Waals surface area contributed by atoms with Crippen LogP contribution in [0.2, 0.25) is 0 Å². The maximum absolute atomic E-state index is 12.6. The maximum Gasteiger partial charge on any atom is 0.255 e. The van der Waals surface area contributed by atoms with Crippen LogP contribution in [-0.4, -0.2) is 10.9 Å². The molecule has 3 aromatic carbocycles. The number of aryl methyl sites for hydroxylation is 2. The lowest BCUT2D eigenvalue weighted by Gasteiger charge is -2.09. The van der Waals surface area contributed by atoms with Crippen molar-refractivity contribution in [3.63, 3.8) is 0 Å². The van der Waals surface area contributed by atoms with Crippen molar-refractivity contribution in [3.8, 4) is 11.5 Å². The lowest BCUT2D eigenvalue weighted by molar-refractivity contribution is 0.102. The number of nitrogens with zero attached hydrogens (tertiary/aromatic N) is 1. The van der Waals surface area contributed by atoms with Crippen LogP contribution in [0.3, 0.4) is 0 Å². The molecule has 0 aliphatic carbocycles. The first-order valence-corrected chi connectivity index (χ1v) is 8.45. The third-order valence-electron chi connectivity index (χ3n) is 4.26. The van der Waals surface area contributed by atoms with E-state index in [1.807, 2.05) is 80.6 Å². The third-order valence-corrected chi connectivity index (χ3v) is 4.26. The molecule has 0 saturated heterocycles. The summed E-state index contributed by atoms with van der Waals surface area (Å²) in [6.45, 7) is 4.01. The van der Waals surface area contributed by atoms with Gasteiger partial charge in [-0.25, -0.2) is 4.98 Å². The highest BCUT2D eigenvalue weighted by Crippen LogP contribution is 2.30. The molecular weight excluding hydrogens is 324 g/mol. The second-order valence-electron chi connectivity index (χ2n) is 6.36. The molecule has 0 radical (unpaired) electrons. The fraction of sp³-hybridized carbons (Fsp3) is 0.0909. The van der Waals surface area contributed by atoms with Crippen LogP contribution in [0.1, 0.15) is 21.5 Å². The minimum Gasteiger partial charge on any atom is -0.436 e. The van der Waals surface area contributed by atoms with Crippen LogP contribution in [-0.2, 0) is 0 Å². The van der Waals surface area contributed by atoms with E-state index in [-0.39, 0.29) is 5.91 Å². The largest absolute Gasteiger partial charge is 0.436 e. The van der Waals surface area contributed by atoms with Crippen LogP contribution in [0.15, 0.2) is 71.1 Å². The van der Waals surface area contributed by atoms with Gasteiger partial charge in [0.25, 0.3) is 5.91 Å². The van der Waals surface area contributed by atoms with Gasteiger partial charge in [-0.1, -0.05) is 35.9 Å². The Morgan fingerprint density at radius 2 is 1.65 bits per heavy atom. The zero-order valence-corrected chi connectivity index (χ0v) is 14.6. The van der Waals surface area contributed by atoms with Crippen LogP contribution in [0.5, 0.6) is 0 Å². The highest BCUT2D eigenvalue weighted by atomic mass is 16.3. The topological polar surface area (TPSA) is 55.1 Å². The molecule has 1 N–H and O–H groups in total. The quantitative estimate of drug-likeness (QED) is 0.545. The lowest BCUT2D eigenvalue weighted by atomic mass is 10.1. The van der Waals surface area contributed by atoms with Crippen molar-refractivity contribution in [2.24, 2.45) is 0 Å². The van der Waals surface area contributed by atoms with Gasteiger partial charge in [-0.15, -0.1) is 0 Å². The molecule has 0 unspecified atom stereocenters. The number of oxazole rings is 1. The van der Waals surface area contributed by atoms with Crippen molar-refractivity contribution in [2.45, 2.75) is 13.8 Å². The molecular formula is C22H18N2O2. The molecule has 128 valence electrons. The number of amides is 1. The van der Waals surface area contributed by atoms with Gasteiger partial charge in [-0.2, -0.15) is 0 Å². The number of fused-ring (bicyclic) bond motifs is 1. The highest BCUT2D eigenvalue weighted by Gasteiger charge is 2.14. The first-order chi connectivity index (χ1) is 12.6. The van der Waals surface area contributed by atoms with Gasteiger partial charge in [0, 0.05) is 5.56 Å². The van der Waals surface area contributed by atoms with Gasteiger partial charge in [0.05, 0.1) is 11.3 Å². The van der Waals surface area contributed by atoms with Crippen LogP contribution >= 0.6 is 0 Å². The summed E-state index contributed by atoms with van der Waals surface area (Å²) in [7, 11) is 0. The molecule has 1 amide bonds. The monoisotopic (exact) mass is 342 g/mol. The van der Waals surface area contributed by atoms with E-state index in [1.54, 1.807) is 0 Å². The number of anilines is 1. The van der Waals surface area contributed by atoms with Crippen LogP contribution in [0.25, 0.3) is 22.6 Å². The number of nitrogens with one attached hydrogen (secondary N) is 1. The van der Waals surface area contributed by atoms with Crippen molar-refractivity contribution < 1.29 is 9.21 Å². The molecule has 1 heterocycles. The second-order valence-corrected chi connectivity index (χ2v) is 6.36. The van der Waals surface area contributed by atoms with E-state index in [9.17, 15) is 4.79 Å². The number of aromatic nitrogens is 1. The standard InChI is InChI=1S/C22H18N2O2/c1-14-7-10-16(11-8-14)21(25)23-18-6-4-3-5-17(18)22-24-19-13-15(2)9-12-20(19)26-22/h3-13H,1-2H3,(H,23,25). The lowest BCUT2D eigenvalue weighted by Crippen LogP contribution is -2.12. The van der Waals surface area contributed by atoms with E-state index >= 15 is 0 Å². The molecule has 0 spiro atoms. The predicted molar refractivity (Wildman–Crippen MR) is 103 cm³/mol. The molecule has 4 nitrogen and oxygen atoms in total. The van der Waals surface area contributed by atoms with Gasteiger partial charge in [0.2, 0.25) is 5.89 Å². The zero-order chi connectivity index (χ0) is 18.1. The Balaban J connectivity index is 1.69. The minimum absolute atomic E-state index is 0.163. The van der Waals surface area contributed by atoms with Crippen LogP contribution < -0.4 is 5.32 Å². The van der Waals surface area contributed by atoms with E-state index in [2.05, 4.69) is 10.3 Å². The van der Waals surface area contributed by atoms with Gasteiger partial charge in [-0.05, 0) is 55.8 Å². The van der Waals surface area contributed by atoms with E-state index in [1.165, 1.54) is 0 Å². The summed E-state index contributed by atoms with van der Waals surface area (Å²) in [6.07, 6.45) is 0. The summed E-state index contributed by atoms with van der Waals surface area (Å²) < 4.78 is 5.89. The van der Waals surface area contributed by atoms with E-state index < -0.39 is 0 Å². The maximum atomic E-state index is 12.6. The molecule has 0 bridgehead atoms. The predicted octanol–water partition coefficient (Wildman–Crippen LogP) is 5.36. The van der Waals surface area contributed by atoms with Gasteiger partial charge in [0.15, 0.2) is 5.58 Å².